The van der Waals surface area contributed by atoms with Crippen molar-refractivity contribution in [2.24, 2.45) is 0 Å². The van der Waals surface area contributed by atoms with Gasteiger partial charge in [-0.15, -0.1) is 0 Å². The Hall–Kier alpha value is -1.98. The van der Waals surface area contributed by atoms with E-state index in [0.29, 0.717) is 12.1 Å². The van der Waals surface area contributed by atoms with Crippen molar-refractivity contribution in [1.29, 1.82) is 5.26 Å². The van der Waals surface area contributed by atoms with Crippen LogP contribution in [0.3, 0.4) is 0 Å². The molecule has 0 N–H and O–H groups in total. The van der Waals surface area contributed by atoms with Crippen LogP contribution in [0.25, 0.3) is 0 Å². The summed E-state index contributed by atoms with van der Waals surface area (Å²) in [7, 11) is 0. The molecule has 0 amide bonds. The molecule has 1 aromatic rings. The molecular weight excluding hydrogens is 283 g/mol. The van der Waals surface area contributed by atoms with Crippen LogP contribution < -0.4 is 4.74 Å². The van der Waals surface area contributed by atoms with Crippen molar-refractivity contribution in [3.8, 4) is 11.8 Å². The standard InChI is InChI=1S/C10H4F7NO/c11-6-3-5(4-18)1-2-7(6)19-8(9(12,13)14)10(15,16)17/h1-3,8H. The van der Waals surface area contributed by atoms with Gasteiger partial charge in [-0.1, -0.05) is 0 Å². The van der Waals surface area contributed by atoms with Crippen molar-refractivity contribution in [2.45, 2.75) is 18.5 Å². The molecule has 0 aliphatic rings. The van der Waals surface area contributed by atoms with E-state index in [1.54, 1.807) is 0 Å². The second kappa shape index (κ2) is 4.95. The van der Waals surface area contributed by atoms with Gasteiger partial charge < -0.3 is 4.74 Å². The Morgan fingerprint density at radius 1 is 1.05 bits per heavy atom. The summed E-state index contributed by atoms with van der Waals surface area (Å²) in [5.74, 6) is -2.73. The molecule has 0 atom stereocenters. The van der Waals surface area contributed by atoms with E-state index in [1.165, 1.54) is 6.07 Å². The number of nitrogens with zero attached hydrogens (tertiary/aromatic N) is 1. The summed E-state index contributed by atoms with van der Waals surface area (Å²) >= 11 is 0. The van der Waals surface area contributed by atoms with Gasteiger partial charge in [-0.25, -0.2) is 4.39 Å². The highest BCUT2D eigenvalue weighted by Crippen LogP contribution is 2.37. The highest BCUT2D eigenvalue weighted by molar-refractivity contribution is 5.36. The van der Waals surface area contributed by atoms with Gasteiger partial charge in [-0.3, -0.25) is 0 Å². The highest BCUT2D eigenvalue weighted by Gasteiger charge is 2.59. The lowest BCUT2D eigenvalue weighted by atomic mass is 10.2. The van der Waals surface area contributed by atoms with Gasteiger partial charge in [-0.2, -0.15) is 31.6 Å². The number of alkyl halides is 6. The predicted molar refractivity (Wildman–Crippen MR) is 47.6 cm³/mol. The number of hydrogen-bond acceptors (Lipinski definition) is 2. The number of halogens is 7. The summed E-state index contributed by atoms with van der Waals surface area (Å²) in [6, 6.07) is 3.30. The van der Waals surface area contributed by atoms with E-state index in [2.05, 4.69) is 4.74 Å². The minimum absolute atomic E-state index is 0.264. The number of nitriles is 1. The number of hydrogen-bond donors (Lipinski definition) is 0. The molecule has 0 heterocycles. The van der Waals surface area contributed by atoms with E-state index in [1.807, 2.05) is 0 Å². The van der Waals surface area contributed by atoms with Crippen molar-refractivity contribution >= 4 is 0 Å². The second-order valence-electron chi connectivity index (χ2n) is 3.34. The average molecular weight is 287 g/mol. The molecule has 0 saturated carbocycles. The quantitative estimate of drug-likeness (QED) is 0.779. The largest absolute Gasteiger partial charge is 0.468 e. The van der Waals surface area contributed by atoms with Crippen LogP contribution in [-0.4, -0.2) is 18.5 Å². The minimum atomic E-state index is -5.74. The van der Waals surface area contributed by atoms with Crippen LogP contribution in [0, 0.1) is 17.1 Å². The molecule has 0 aliphatic carbocycles. The van der Waals surface area contributed by atoms with Crippen molar-refractivity contribution < 1.29 is 35.5 Å². The smallest absolute Gasteiger partial charge is 0.434 e. The molecule has 19 heavy (non-hydrogen) atoms. The molecule has 0 spiro atoms. The zero-order valence-corrected chi connectivity index (χ0v) is 8.81. The van der Waals surface area contributed by atoms with Crippen LogP contribution in [0.1, 0.15) is 5.56 Å². The van der Waals surface area contributed by atoms with E-state index in [-0.39, 0.29) is 5.56 Å². The molecule has 1 aromatic carbocycles. The fraction of sp³-hybridized carbons (Fsp3) is 0.300. The van der Waals surface area contributed by atoms with E-state index in [9.17, 15) is 30.7 Å². The first-order valence-electron chi connectivity index (χ1n) is 4.55. The van der Waals surface area contributed by atoms with Gasteiger partial charge in [0.05, 0.1) is 11.6 Å². The van der Waals surface area contributed by atoms with Crippen molar-refractivity contribution in [3.05, 3.63) is 29.6 Å². The van der Waals surface area contributed by atoms with Crippen LogP contribution >= 0.6 is 0 Å². The maximum Gasteiger partial charge on any atom is 0.434 e. The Bertz CT molecular complexity index is 486. The summed E-state index contributed by atoms with van der Waals surface area (Å²) in [6.07, 6.45) is -15.6. The first-order chi connectivity index (χ1) is 8.55. The lowest BCUT2D eigenvalue weighted by Crippen LogP contribution is -2.46. The minimum Gasteiger partial charge on any atom is -0.468 e. The molecule has 0 aromatic heterocycles. The number of benzene rings is 1. The molecule has 0 saturated heterocycles. The lowest BCUT2D eigenvalue weighted by molar-refractivity contribution is -0.300. The number of ether oxygens (including phenoxy) is 1. The van der Waals surface area contributed by atoms with Crippen LogP contribution in [0.2, 0.25) is 0 Å². The van der Waals surface area contributed by atoms with Crippen LogP contribution in [-0.2, 0) is 0 Å². The van der Waals surface area contributed by atoms with Gasteiger partial charge in [0.15, 0.2) is 11.6 Å². The maximum absolute atomic E-state index is 13.2. The first-order valence-corrected chi connectivity index (χ1v) is 4.55. The summed E-state index contributed by atoms with van der Waals surface area (Å²) in [4.78, 5) is 0. The summed E-state index contributed by atoms with van der Waals surface area (Å²) in [6.45, 7) is 0. The molecule has 0 aliphatic heterocycles. The third kappa shape index (κ3) is 3.74. The molecular formula is C10H4F7NO. The molecule has 9 heteroatoms. The Morgan fingerprint density at radius 3 is 1.95 bits per heavy atom. The van der Waals surface area contributed by atoms with E-state index < -0.39 is 30.0 Å². The molecule has 2 nitrogen and oxygen atoms in total. The first kappa shape index (κ1) is 15.1. The summed E-state index contributed by atoms with van der Waals surface area (Å²) in [5, 5.41) is 8.38. The van der Waals surface area contributed by atoms with E-state index >= 15 is 0 Å². The Balaban J connectivity index is 3.09. The fourth-order valence-corrected chi connectivity index (χ4v) is 1.11. The van der Waals surface area contributed by atoms with Crippen molar-refractivity contribution in [2.75, 3.05) is 0 Å². The third-order valence-electron chi connectivity index (χ3n) is 1.90. The molecule has 0 unspecified atom stereocenters. The lowest BCUT2D eigenvalue weighted by Gasteiger charge is -2.23. The van der Waals surface area contributed by atoms with Crippen LogP contribution in [0.4, 0.5) is 30.7 Å². The van der Waals surface area contributed by atoms with Gasteiger partial charge >= 0.3 is 12.4 Å². The van der Waals surface area contributed by atoms with Gasteiger partial charge in [0.2, 0.25) is 0 Å². The van der Waals surface area contributed by atoms with Gasteiger partial charge in [0, 0.05) is 0 Å². The summed E-state index contributed by atoms with van der Waals surface area (Å²) < 4.78 is 89.8. The zero-order chi connectivity index (χ0) is 14.8. The predicted octanol–water partition coefficient (Wildman–Crippen LogP) is 3.57. The van der Waals surface area contributed by atoms with Crippen LogP contribution in [0.5, 0.6) is 5.75 Å². The zero-order valence-electron chi connectivity index (χ0n) is 8.81. The molecule has 0 radical (unpaired) electrons. The van der Waals surface area contributed by atoms with Gasteiger partial charge in [0.25, 0.3) is 6.10 Å². The normalized spacial score (nSPS) is 12.4. The second-order valence-corrected chi connectivity index (χ2v) is 3.34. The monoisotopic (exact) mass is 287 g/mol. The Morgan fingerprint density at radius 2 is 1.58 bits per heavy atom. The van der Waals surface area contributed by atoms with Crippen molar-refractivity contribution in [3.63, 3.8) is 0 Å². The number of rotatable bonds is 2. The Labute approximate surface area is 102 Å². The van der Waals surface area contributed by atoms with Gasteiger partial charge in [0.1, 0.15) is 0 Å². The third-order valence-corrected chi connectivity index (χ3v) is 1.90. The summed E-state index contributed by atoms with van der Waals surface area (Å²) in [5.41, 5.74) is -0.264. The topological polar surface area (TPSA) is 33.0 Å². The molecule has 0 fully saturated rings. The van der Waals surface area contributed by atoms with Gasteiger partial charge in [-0.05, 0) is 18.2 Å². The fourth-order valence-electron chi connectivity index (χ4n) is 1.11. The SMILES string of the molecule is N#Cc1ccc(OC(C(F)(F)F)C(F)(F)F)c(F)c1. The van der Waals surface area contributed by atoms with Crippen LogP contribution in [0.15, 0.2) is 18.2 Å². The van der Waals surface area contributed by atoms with E-state index in [0.717, 1.165) is 6.07 Å². The maximum atomic E-state index is 13.2. The average Bonchev–Trinajstić information content (AvgIpc) is 2.23. The molecule has 0 bridgehead atoms. The van der Waals surface area contributed by atoms with E-state index in [4.69, 9.17) is 5.26 Å². The highest BCUT2D eigenvalue weighted by atomic mass is 19.4. The van der Waals surface area contributed by atoms with Crippen molar-refractivity contribution in [1.82, 2.24) is 0 Å². The molecule has 1 rings (SSSR count). The molecule has 104 valence electrons. The Kier molecular flexibility index (Phi) is 3.93.